The molecule has 2 aliphatic heterocycles. The summed E-state index contributed by atoms with van der Waals surface area (Å²) in [6.45, 7) is 2.46. The van der Waals surface area contributed by atoms with Gasteiger partial charge >= 0.3 is 0 Å². The summed E-state index contributed by atoms with van der Waals surface area (Å²) in [5.41, 5.74) is 4.21. The minimum atomic E-state index is -0.823. The van der Waals surface area contributed by atoms with Crippen LogP contribution in [0.5, 0.6) is 0 Å². The van der Waals surface area contributed by atoms with Gasteiger partial charge in [-0.1, -0.05) is 36.4 Å². The molecule has 1 aliphatic carbocycles. The third-order valence-electron chi connectivity index (χ3n) is 6.89. The van der Waals surface area contributed by atoms with E-state index in [0.717, 1.165) is 29.5 Å². The molecule has 0 aromatic heterocycles. The van der Waals surface area contributed by atoms with Gasteiger partial charge < -0.3 is 14.6 Å². The van der Waals surface area contributed by atoms with Crippen molar-refractivity contribution in [2.24, 2.45) is 5.41 Å². The van der Waals surface area contributed by atoms with Crippen molar-refractivity contribution < 1.29 is 14.4 Å². The molecule has 30 heavy (non-hydrogen) atoms. The Morgan fingerprint density at radius 1 is 1.17 bits per heavy atom. The van der Waals surface area contributed by atoms with E-state index >= 15 is 0 Å². The fourth-order valence-electron chi connectivity index (χ4n) is 5.39. The number of benzene rings is 2. The fraction of sp³-hybridized carbons (Fsp3) is 0.320. The molecular weight excluding hydrogens is 376 g/mol. The lowest BCUT2D eigenvalue weighted by Gasteiger charge is -2.45. The van der Waals surface area contributed by atoms with Crippen LogP contribution in [0.1, 0.15) is 47.2 Å². The van der Waals surface area contributed by atoms with Gasteiger partial charge in [-0.3, -0.25) is 9.59 Å². The maximum atomic E-state index is 13.2. The quantitative estimate of drug-likeness (QED) is 0.739. The Labute approximate surface area is 176 Å². The maximum absolute atomic E-state index is 13.2. The Bertz CT molecular complexity index is 1090. The van der Waals surface area contributed by atoms with Gasteiger partial charge in [0.1, 0.15) is 6.29 Å². The van der Waals surface area contributed by atoms with Crippen LogP contribution in [0.2, 0.25) is 0 Å². The van der Waals surface area contributed by atoms with E-state index in [0.29, 0.717) is 12.1 Å². The average molecular weight is 400 g/mol. The van der Waals surface area contributed by atoms with Crippen LogP contribution in [0.3, 0.4) is 0 Å². The second-order valence-corrected chi connectivity index (χ2v) is 8.77. The standard InChI is InChI=1S/C25H24N2O3/c1-25(11-12-28)14-19-18-9-6-10-20-22(18)17(13-21(19)26(2)24(25)30)15-27(20)23(29)16-7-4-3-5-8-16/h3-10,12,14,17,21H,11,13,15H2,1-2H3/t17-,21-,25+/m0/s1. The summed E-state index contributed by atoms with van der Waals surface area (Å²) < 4.78 is 0. The number of nitrogens with zero attached hydrogens (tertiary/aromatic N) is 2. The predicted molar refractivity (Wildman–Crippen MR) is 115 cm³/mol. The third-order valence-corrected chi connectivity index (χ3v) is 6.89. The lowest BCUT2D eigenvalue weighted by Crippen LogP contribution is -2.51. The largest absolute Gasteiger partial charge is 0.338 e. The second-order valence-electron chi connectivity index (χ2n) is 8.77. The molecule has 2 heterocycles. The first-order valence-corrected chi connectivity index (χ1v) is 10.4. The summed E-state index contributed by atoms with van der Waals surface area (Å²) in [6, 6.07) is 15.4. The lowest BCUT2D eigenvalue weighted by molar-refractivity contribution is -0.141. The Balaban J connectivity index is 1.62. The molecule has 0 saturated carbocycles. The van der Waals surface area contributed by atoms with Gasteiger partial charge in [0, 0.05) is 37.2 Å². The van der Waals surface area contributed by atoms with Crippen LogP contribution in [-0.4, -0.2) is 42.6 Å². The summed E-state index contributed by atoms with van der Waals surface area (Å²) in [4.78, 5) is 41.2. The monoisotopic (exact) mass is 400 g/mol. The van der Waals surface area contributed by atoms with Crippen LogP contribution in [0.4, 0.5) is 5.69 Å². The molecule has 5 nitrogen and oxygen atoms in total. The molecule has 2 aromatic rings. The Morgan fingerprint density at radius 3 is 2.67 bits per heavy atom. The van der Waals surface area contributed by atoms with Crippen molar-refractivity contribution in [2.75, 3.05) is 18.5 Å². The molecule has 0 unspecified atom stereocenters. The molecule has 0 spiro atoms. The molecule has 0 saturated heterocycles. The SMILES string of the molecule is CN1C(=O)[C@](C)(CC=O)C=C2c3cccc4c3[C@@H](C[C@@H]21)CN4C(=O)c1ccccc1. The Morgan fingerprint density at radius 2 is 1.93 bits per heavy atom. The van der Waals surface area contributed by atoms with Gasteiger partial charge in [-0.2, -0.15) is 0 Å². The molecule has 3 atom stereocenters. The van der Waals surface area contributed by atoms with Gasteiger partial charge in [-0.15, -0.1) is 0 Å². The van der Waals surface area contributed by atoms with E-state index in [1.165, 1.54) is 5.56 Å². The molecule has 0 fully saturated rings. The van der Waals surface area contributed by atoms with Crippen molar-refractivity contribution >= 4 is 29.4 Å². The number of aldehydes is 1. The normalized spacial score (nSPS) is 26.7. The highest BCUT2D eigenvalue weighted by Crippen LogP contribution is 2.52. The highest BCUT2D eigenvalue weighted by Gasteiger charge is 2.48. The molecule has 5 heteroatoms. The number of fused-ring (bicyclic) bond motifs is 2. The van der Waals surface area contributed by atoms with E-state index in [-0.39, 0.29) is 30.2 Å². The number of hydrogen-bond donors (Lipinski definition) is 0. The molecule has 2 amide bonds. The Hall–Kier alpha value is -3.21. The van der Waals surface area contributed by atoms with Crippen LogP contribution >= 0.6 is 0 Å². The summed E-state index contributed by atoms with van der Waals surface area (Å²) in [6.07, 6.45) is 3.78. The smallest absolute Gasteiger partial charge is 0.258 e. The molecule has 2 aromatic carbocycles. The summed E-state index contributed by atoms with van der Waals surface area (Å²) >= 11 is 0. The van der Waals surface area contributed by atoms with Crippen molar-refractivity contribution in [3.63, 3.8) is 0 Å². The number of rotatable bonds is 3. The summed E-state index contributed by atoms with van der Waals surface area (Å²) in [5.74, 6) is 0.181. The zero-order valence-electron chi connectivity index (χ0n) is 17.2. The summed E-state index contributed by atoms with van der Waals surface area (Å²) in [5, 5.41) is 0. The molecule has 0 bridgehead atoms. The molecular formula is C25H24N2O3. The van der Waals surface area contributed by atoms with Gasteiger partial charge in [0.25, 0.3) is 5.91 Å². The van der Waals surface area contributed by atoms with E-state index in [1.54, 1.807) is 4.90 Å². The van der Waals surface area contributed by atoms with Gasteiger partial charge in [0.15, 0.2) is 0 Å². The van der Waals surface area contributed by atoms with Crippen molar-refractivity contribution in [2.45, 2.75) is 31.7 Å². The minimum Gasteiger partial charge on any atom is -0.338 e. The van der Waals surface area contributed by atoms with E-state index < -0.39 is 5.41 Å². The van der Waals surface area contributed by atoms with Crippen LogP contribution in [0.15, 0.2) is 54.6 Å². The molecule has 152 valence electrons. The number of likely N-dealkylation sites (N-methyl/N-ethyl adjacent to an activating group) is 1. The lowest BCUT2D eigenvalue weighted by atomic mass is 9.70. The number of anilines is 1. The van der Waals surface area contributed by atoms with E-state index in [2.05, 4.69) is 6.07 Å². The first-order chi connectivity index (χ1) is 14.4. The first kappa shape index (κ1) is 18.8. The maximum Gasteiger partial charge on any atom is 0.258 e. The highest BCUT2D eigenvalue weighted by atomic mass is 16.2. The number of amides is 2. The van der Waals surface area contributed by atoms with Crippen molar-refractivity contribution in [1.29, 1.82) is 0 Å². The van der Waals surface area contributed by atoms with Crippen molar-refractivity contribution in [3.8, 4) is 0 Å². The van der Waals surface area contributed by atoms with Crippen molar-refractivity contribution in [3.05, 3.63) is 71.3 Å². The van der Waals surface area contributed by atoms with Gasteiger partial charge in [0.05, 0.1) is 11.5 Å². The number of carbonyl (C=O) groups is 3. The second kappa shape index (κ2) is 6.66. The topological polar surface area (TPSA) is 57.7 Å². The van der Waals surface area contributed by atoms with E-state index in [1.807, 2.05) is 67.4 Å². The zero-order chi connectivity index (χ0) is 21.0. The van der Waals surface area contributed by atoms with Gasteiger partial charge in [-0.05, 0) is 48.2 Å². The van der Waals surface area contributed by atoms with Crippen LogP contribution < -0.4 is 4.90 Å². The average Bonchev–Trinajstić information content (AvgIpc) is 3.13. The minimum absolute atomic E-state index is 0.00516. The molecule has 0 N–H and O–H groups in total. The van der Waals surface area contributed by atoms with Crippen molar-refractivity contribution in [1.82, 2.24) is 4.90 Å². The Kier molecular flexibility index (Phi) is 4.17. The zero-order valence-corrected chi connectivity index (χ0v) is 17.2. The summed E-state index contributed by atoms with van der Waals surface area (Å²) in [7, 11) is 1.83. The van der Waals surface area contributed by atoms with Crippen LogP contribution in [0.25, 0.3) is 5.57 Å². The number of carbonyl (C=O) groups excluding carboxylic acids is 3. The van der Waals surface area contributed by atoms with E-state index in [9.17, 15) is 14.4 Å². The van der Waals surface area contributed by atoms with E-state index in [4.69, 9.17) is 0 Å². The first-order valence-electron chi connectivity index (χ1n) is 10.4. The fourth-order valence-corrected chi connectivity index (χ4v) is 5.39. The molecule has 5 rings (SSSR count). The van der Waals surface area contributed by atoms with Gasteiger partial charge in [-0.25, -0.2) is 0 Å². The number of hydrogen-bond acceptors (Lipinski definition) is 3. The van der Waals surface area contributed by atoms with Gasteiger partial charge in [0.2, 0.25) is 5.91 Å². The van der Waals surface area contributed by atoms with Crippen LogP contribution in [0, 0.1) is 5.41 Å². The van der Waals surface area contributed by atoms with Crippen LogP contribution in [-0.2, 0) is 9.59 Å². The molecule has 3 aliphatic rings. The third kappa shape index (κ3) is 2.58. The molecule has 0 radical (unpaired) electrons. The highest BCUT2D eigenvalue weighted by molar-refractivity contribution is 6.08. The predicted octanol–water partition coefficient (Wildman–Crippen LogP) is 3.65.